The molecule has 1 aliphatic rings. The summed E-state index contributed by atoms with van der Waals surface area (Å²) in [6.07, 6.45) is 1.80. The Bertz CT molecular complexity index is 980. The number of hydrogen-bond donors (Lipinski definition) is 0. The minimum absolute atomic E-state index is 0.0556. The third-order valence-electron chi connectivity index (χ3n) is 5.85. The maximum Gasteiger partial charge on any atom is 0.310 e. The second kappa shape index (κ2) is 12.1. The first kappa shape index (κ1) is 25.1. The molecule has 8 heteroatoms. The van der Waals surface area contributed by atoms with Gasteiger partial charge in [0.15, 0.2) is 11.5 Å². The van der Waals surface area contributed by atoms with Crippen LogP contribution >= 0.6 is 0 Å². The minimum Gasteiger partial charge on any atom is -0.493 e. The van der Waals surface area contributed by atoms with Crippen molar-refractivity contribution in [2.45, 2.75) is 25.7 Å². The standard InChI is InChI=1S/C26H31NO7/c1-31-22-15-19(16-23(32-2)24(22)33-3)11-13-34-26(30)20-10-7-12-27(17-20)25(29)21(28)14-18-8-5-4-6-9-18/h4-6,8-9,15-16,20H,7,10-14,17H2,1-3H3. The number of rotatable bonds is 10. The Morgan fingerprint density at radius 2 is 1.62 bits per heavy atom. The van der Waals surface area contributed by atoms with Gasteiger partial charge in [-0.1, -0.05) is 30.3 Å². The molecule has 1 atom stereocenters. The molecule has 0 radical (unpaired) electrons. The van der Waals surface area contributed by atoms with Gasteiger partial charge in [0.1, 0.15) is 0 Å². The van der Waals surface area contributed by atoms with Crippen molar-refractivity contribution in [1.82, 2.24) is 4.90 Å². The van der Waals surface area contributed by atoms with Gasteiger partial charge in [0.2, 0.25) is 11.5 Å². The van der Waals surface area contributed by atoms with Gasteiger partial charge in [0.25, 0.3) is 5.91 Å². The van der Waals surface area contributed by atoms with Crippen molar-refractivity contribution in [3.8, 4) is 17.2 Å². The topological polar surface area (TPSA) is 91.4 Å². The van der Waals surface area contributed by atoms with Gasteiger partial charge in [0.05, 0.1) is 33.9 Å². The van der Waals surface area contributed by atoms with Crippen molar-refractivity contribution in [3.63, 3.8) is 0 Å². The Kier molecular flexibility index (Phi) is 8.90. The largest absolute Gasteiger partial charge is 0.493 e. The highest BCUT2D eigenvalue weighted by molar-refractivity contribution is 6.36. The normalized spacial score (nSPS) is 15.4. The summed E-state index contributed by atoms with van der Waals surface area (Å²) < 4.78 is 21.5. The van der Waals surface area contributed by atoms with Crippen LogP contribution < -0.4 is 14.2 Å². The third kappa shape index (κ3) is 6.27. The summed E-state index contributed by atoms with van der Waals surface area (Å²) in [4.78, 5) is 39.2. The first-order valence-corrected chi connectivity index (χ1v) is 11.3. The Morgan fingerprint density at radius 3 is 2.24 bits per heavy atom. The zero-order valence-corrected chi connectivity index (χ0v) is 19.9. The SMILES string of the molecule is COc1cc(CCOC(=O)C2CCCN(C(=O)C(=O)Cc3ccccc3)C2)cc(OC)c1OC. The van der Waals surface area contributed by atoms with E-state index in [-0.39, 0.29) is 25.5 Å². The molecule has 0 aromatic heterocycles. The Balaban J connectivity index is 1.52. The molecule has 0 spiro atoms. The van der Waals surface area contributed by atoms with Crippen molar-refractivity contribution in [1.29, 1.82) is 0 Å². The predicted molar refractivity (Wildman–Crippen MR) is 125 cm³/mol. The second-order valence-corrected chi connectivity index (χ2v) is 8.13. The van der Waals surface area contributed by atoms with E-state index in [1.807, 2.05) is 42.5 Å². The van der Waals surface area contributed by atoms with E-state index >= 15 is 0 Å². The second-order valence-electron chi connectivity index (χ2n) is 8.13. The lowest BCUT2D eigenvalue weighted by Gasteiger charge is -2.31. The number of methoxy groups -OCH3 is 3. The molecule has 1 unspecified atom stereocenters. The molecule has 1 heterocycles. The lowest BCUT2D eigenvalue weighted by Crippen LogP contribution is -2.46. The average molecular weight is 470 g/mol. The van der Waals surface area contributed by atoms with E-state index in [9.17, 15) is 14.4 Å². The smallest absolute Gasteiger partial charge is 0.310 e. The van der Waals surface area contributed by atoms with Crippen molar-refractivity contribution in [2.75, 3.05) is 41.0 Å². The van der Waals surface area contributed by atoms with E-state index in [2.05, 4.69) is 0 Å². The fourth-order valence-corrected chi connectivity index (χ4v) is 4.05. The number of Topliss-reactive ketones (excluding diaryl/α,β-unsaturated/α-hetero) is 1. The highest BCUT2D eigenvalue weighted by atomic mass is 16.5. The number of hydrogen-bond acceptors (Lipinski definition) is 7. The molecule has 2 aromatic carbocycles. The first-order valence-electron chi connectivity index (χ1n) is 11.3. The van der Waals surface area contributed by atoms with Crippen LogP contribution in [0.1, 0.15) is 24.0 Å². The number of amides is 1. The van der Waals surface area contributed by atoms with Crippen molar-refractivity contribution >= 4 is 17.7 Å². The van der Waals surface area contributed by atoms with E-state index in [0.29, 0.717) is 43.1 Å². The fourth-order valence-electron chi connectivity index (χ4n) is 4.05. The number of carbonyl (C=O) groups excluding carboxylic acids is 3. The summed E-state index contributed by atoms with van der Waals surface area (Å²) >= 11 is 0. The number of ketones is 1. The van der Waals surface area contributed by atoms with Gasteiger partial charge in [-0.2, -0.15) is 0 Å². The molecule has 182 valence electrons. The molecule has 0 bridgehead atoms. The fraction of sp³-hybridized carbons (Fsp3) is 0.423. The molecule has 1 fully saturated rings. The van der Waals surface area contributed by atoms with E-state index in [1.54, 1.807) is 14.2 Å². The number of carbonyl (C=O) groups is 3. The maximum atomic E-state index is 12.6. The summed E-state index contributed by atoms with van der Waals surface area (Å²) in [6, 6.07) is 12.8. The van der Waals surface area contributed by atoms with E-state index < -0.39 is 17.6 Å². The molecule has 34 heavy (non-hydrogen) atoms. The summed E-state index contributed by atoms with van der Waals surface area (Å²) in [5.41, 5.74) is 1.66. The first-order chi connectivity index (χ1) is 16.5. The molecular weight excluding hydrogens is 438 g/mol. The lowest BCUT2D eigenvalue weighted by atomic mass is 9.97. The number of esters is 1. The number of likely N-dealkylation sites (tertiary alicyclic amines) is 1. The number of ether oxygens (including phenoxy) is 4. The Morgan fingerprint density at radius 1 is 0.941 bits per heavy atom. The maximum absolute atomic E-state index is 12.6. The number of piperidine rings is 1. The molecule has 0 saturated carbocycles. The van der Waals surface area contributed by atoms with Crippen LogP contribution in [0.15, 0.2) is 42.5 Å². The predicted octanol–water partition coefficient (Wildman–Crippen LogP) is 2.85. The Hall–Kier alpha value is -3.55. The van der Waals surface area contributed by atoms with Crippen LogP contribution in [-0.2, 0) is 32.0 Å². The van der Waals surface area contributed by atoms with Crippen LogP contribution in [0.5, 0.6) is 17.2 Å². The molecule has 1 aliphatic heterocycles. The van der Waals surface area contributed by atoms with Crippen LogP contribution in [0.4, 0.5) is 0 Å². The van der Waals surface area contributed by atoms with Crippen LogP contribution in [0.25, 0.3) is 0 Å². The van der Waals surface area contributed by atoms with Gasteiger partial charge in [-0.3, -0.25) is 14.4 Å². The molecule has 0 aliphatic carbocycles. The molecule has 1 amide bonds. The zero-order valence-electron chi connectivity index (χ0n) is 19.9. The third-order valence-corrected chi connectivity index (χ3v) is 5.85. The summed E-state index contributed by atoms with van der Waals surface area (Å²) in [5.74, 6) is -0.252. The zero-order chi connectivity index (χ0) is 24.5. The van der Waals surface area contributed by atoms with Gasteiger partial charge < -0.3 is 23.8 Å². The van der Waals surface area contributed by atoms with Gasteiger partial charge in [-0.25, -0.2) is 0 Å². The van der Waals surface area contributed by atoms with E-state index in [4.69, 9.17) is 18.9 Å². The average Bonchev–Trinajstić information content (AvgIpc) is 2.88. The van der Waals surface area contributed by atoms with Gasteiger partial charge >= 0.3 is 5.97 Å². The molecule has 1 saturated heterocycles. The van der Waals surface area contributed by atoms with Crippen molar-refractivity contribution in [2.24, 2.45) is 5.92 Å². The number of benzene rings is 2. The minimum atomic E-state index is -0.543. The van der Waals surface area contributed by atoms with Crippen LogP contribution in [0.2, 0.25) is 0 Å². The van der Waals surface area contributed by atoms with Crippen LogP contribution in [-0.4, -0.2) is 63.6 Å². The molecule has 3 rings (SSSR count). The van der Waals surface area contributed by atoms with Gasteiger partial charge in [-0.15, -0.1) is 0 Å². The highest BCUT2D eigenvalue weighted by Gasteiger charge is 2.32. The van der Waals surface area contributed by atoms with Gasteiger partial charge in [-0.05, 0) is 36.1 Å². The monoisotopic (exact) mass is 469 g/mol. The molecule has 0 N–H and O–H groups in total. The number of nitrogens with zero attached hydrogens (tertiary/aromatic N) is 1. The summed E-state index contributed by atoms with van der Waals surface area (Å²) in [6.45, 7) is 0.839. The van der Waals surface area contributed by atoms with Crippen molar-refractivity contribution < 1.29 is 33.3 Å². The molecule has 8 nitrogen and oxygen atoms in total. The van der Waals surface area contributed by atoms with Crippen LogP contribution in [0, 0.1) is 5.92 Å². The van der Waals surface area contributed by atoms with E-state index in [0.717, 1.165) is 11.1 Å². The Labute approximate surface area is 199 Å². The lowest BCUT2D eigenvalue weighted by molar-refractivity contribution is -0.153. The summed E-state index contributed by atoms with van der Waals surface area (Å²) in [5, 5.41) is 0. The van der Waals surface area contributed by atoms with Crippen molar-refractivity contribution in [3.05, 3.63) is 53.6 Å². The molecular formula is C26H31NO7. The van der Waals surface area contributed by atoms with E-state index in [1.165, 1.54) is 12.0 Å². The summed E-state index contributed by atoms with van der Waals surface area (Å²) in [7, 11) is 4.62. The van der Waals surface area contributed by atoms with Crippen LogP contribution in [0.3, 0.4) is 0 Å². The quantitative estimate of drug-likeness (QED) is 0.390. The highest BCUT2D eigenvalue weighted by Crippen LogP contribution is 2.38. The molecule has 2 aromatic rings. The van der Waals surface area contributed by atoms with Gasteiger partial charge in [0, 0.05) is 25.9 Å².